The van der Waals surface area contributed by atoms with E-state index in [0.717, 1.165) is 4.47 Å². The predicted molar refractivity (Wildman–Crippen MR) is 71.3 cm³/mol. The highest BCUT2D eigenvalue weighted by Crippen LogP contribution is 2.19. The number of halogens is 3. The van der Waals surface area contributed by atoms with Crippen molar-refractivity contribution < 1.29 is 9.18 Å². The van der Waals surface area contributed by atoms with Gasteiger partial charge < -0.3 is 5.32 Å². The molecule has 0 saturated carbocycles. The van der Waals surface area contributed by atoms with Crippen molar-refractivity contribution in [2.24, 2.45) is 0 Å². The van der Waals surface area contributed by atoms with Crippen molar-refractivity contribution in [2.75, 3.05) is 5.32 Å². The Morgan fingerprint density at radius 3 is 2.89 bits per heavy atom. The van der Waals surface area contributed by atoms with Crippen LogP contribution in [0.15, 0.2) is 41.0 Å². The standard InChI is InChI=1S/C12H7BrClFN2O/c13-7-4-5-16-10(6-7)17-12(18)8-2-1-3-9(14)11(8)15/h1-6H,(H,16,17,18). The molecule has 0 aliphatic carbocycles. The van der Waals surface area contributed by atoms with E-state index in [4.69, 9.17) is 11.6 Å². The lowest BCUT2D eigenvalue weighted by atomic mass is 10.2. The maximum Gasteiger partial charge on any atom is 0.259 e. The Hall–Kier alpha value is -1.46. The summed E-state index contributed by atoms with van der Waals surface area (Å²) in [5.74, 6) is -1.01. The van der Waals surface area contributed by atoms with Gasteiger partial charge in [0.05, 0.1) is 10.6 Å². The van der Waals surface area contributed by atoms with E-state index >= 15 is 0 Å². The van der Waals surface area contributed by atoms with Crippen molar-refractivity contribution in [3.05, 3.63) is 57.4 Å². The maximum atomic E-state index is 13.6. The third kappa shape index (κ3) is 2.86. The number of anilines is 1. The summed E-state index contributed by atoms with van der Waals surface area (Å²) in [5, 5.41) is 2.40. The molecule has 18 heavy (non-hydrogen) atoms. The molecule has 92 valence electrons. The average Bonchev–Trinajstić information content (AvgIpc) is 2.32. The van der Waals surface area contributed by atoms with Crippen LogP contribution < -0.4 is 5.32 Å². The second-order valence-corrected chi connectivity index (χ2v) is 4.74. The molecule has 0 saturated heterocycles. The summed E-state index contributed by atoms with van der Waals surface area (Å²) in [6.45, 7) is 0. The molecular formula is C12H7BrClFN2O. The van der Waals surface area contributed by atoms with Crippen LogP contribution in [-0.4, -0.2) is 10.9 Å². The third-order valence-corrected chi connectivity index (χ3v) is 2.94. The number of pyridine rings is 1. The molecule has 2 rings (SSSR count). The lowest BCUT2D eigenvalue weighted by Gasteiger charge is -2.06. The summed E-state index contributed by atoms with van der Waals surface area (Å²) in [6, 6.07) is 7.57. The molecule has 0 bridgehead atoms. The topological polar surface area (TPSA) is 42.0 Å². The van der Waals surface area contributed by atoms with Gasteiger partial charge >= 0.3 is 0 Å². The van der Waals surface area contributed by atoms with Gasteiger partial charge in [0.1, 0.15) is 5.82 Å². The van der Waals surface area contributed by atoms with Crippen molar-refractivity contribution in [1.82, 2.24) is 4.98 Å². The third-order valence-electron chi connectivity index (χ3n) is 2.16. The number of nitrogens with zero attached hydrogens (tertiary/aromatic N) is 1. The maximum absolute atomic E-state index is 13.6. The first-order chi connectivity index (χ1) is 8.58. The Labute approximate surface area is 116 Å². The molecule has 6 heteroatoms. The van der Waals surface area contributed by atoms with E-state index < -0.39 is 11.7 Å². The highest BCUT2D eigenvalue weighted by Gasteiger charge is 2.14. The number of aromatic nitrogens is 1. The summed E-state index contributed by atoms with van der Waals surface area (Å²) in [6.07, 6.45) is 1.52. The number of rotatable bonds is 2. The van der Waals surface area contributed by atoms with Crippen LogP contribution in [0.1, 0.15) is 10.4 Å². The number of nitrogens with one attached hydrogen (secondary N) is 1. The van der Waals surface area contributed by atoms with Crippen LogP contribution in [0.2, 0.25) is 5.02 Å². The van der Waals surface area contributed by atoms with Gasteiger partial charge in [-0.15, -0.1) is 0 Å². The summed E-state index contributed by atoms with van der Waals surface area (Å²) in [7, 11) is 0. The van der Waals surface area contributed by atoms with Gasteiger partial charge in [-0.3, -0.25) is 4.79 Å². The molecule has 0 spiro atoms. The van der Waals surface area contributed by atoms with E-state index in [1.807, 2.05) is 0 Å². The Morgan fingerprint density at radius 2 is 2.17 bits per heavy atom. The van der Waals surface area contributed by atoms with Crippen LogP contribution in [0.25, 0.3) is 0 Å². The zero-order valence-corrected chi connectivity index (χ0v) is 11.3. The molecule has 1 amide bonds. The van der Waals surface area contributed by atoms with E-state index in [1.165, 1.54) is 24.4 Å². The molecule has 0 fully saturated rings. The van der Waals surface area contributed by atoms with Crippen LogP contribution in [0.3, 0.4) is 0 Å². The molecule has 2 aromatic rings. The first kappa shape index (κ1) is 13.0. The minimum atomic E-state index is -0.744. The predicted octanol–water partition coefficient (Wildman–Crippen LogP) is 3.89. The largest absolute Gasteiger partial charge is 0.306 e. The van der Waals surface area contributed by atoms with Gasteiger partial charge in [-0.1, -0.05) is 33.6 Å². The van der Waals surface area contributed by atoms with Gasteiger partial charge in [0, 0.05) is 10.7 Å². The Morgan fingerprint density at radius 1 is 1.39 bits per heavy atom. The second kappa shape index (κ2) is 5.46. The Balaban J connectivity index is 2.25. The van der Waals surface area contributed by atoms with Crippen molar-refractivity contribution >= 4 is 39.3 Å². The van der Waals surface area contributed by atoms with Crippen molar-refractivity contribution in [1.29, 1.82) is 0 Å². The van der Waals surface area contributed by atoms with E-state index in [2.05, 4.69) is 26.2 Å². The summed E-state index contributed by atoms with van der Waals surface area (Å²) < 4.78 is 14.4. The minimum absolute atomic E-state index is 0.0927. The van der Waals surface area contributed by atoms with Gasteiger partial charge in [-0.25, -0.2) is 9.37 Å². The first-order valence-corrected chi connectivity index (χ1v) is 6.12. The number of carbonyl (C=O) groups is 1. The Kier molecular flexibility index (Phi) is 3.93. The summed E-state index contributed by atoms with van der Waals surface area (Å²) in [5.41, 5.74) is -0.121. The van der Waals surface area contributed by atoms with E-state index in [0.29, 0.717) is 5.82 Å². The number of amides is 1. The summed E-state index contributed by atoms with van der Waals surface area (Å²) >= 11 is 8.86. The Bertz CT molecular complexity index is 606. The van der Waals surface area contributed by atoms with Crippen LogP contribution >= 0.6 is 27.5 Å². The fourth-order valence-electron chi connectivity index (χ4n) is 1.34. The smallest absolute Gasteiger partial charge is 0.259 e. The average molecular weight is 330 g/mol. The molecule has 1 aromatic carbocycles. The van der Waals surface area contributed by atoms with Crippen LogP contribution in [0, 0.1) is 5.82 Å². The van der Waals surface area contributed by atoms with E-state index in [9.17, 15) is 9.18 Å². The zero-order valence-electron chi connectivity index (χ0n) is 8.95. The molecule has 3 nitrogen and oxygen atoms in total. The highest BCUT2D eigenvalue weighted by molar-refractivity contribution is 9.10. The van der Waals surface area contributed by atoms with Gasteiger partial charge in [0.15, 0.2) is 5.82 Å². The van der Waals surface area contributed by atoms with Crippen molar-refractivity contribution in [3.8, 4) is 0 Å². The lowest BCUT2D eigenvalue weighted by molar-refractivity contribution is 0.102. The lowest BCUT2D eigenvalue weighted by Crippen LogP contribution is -2.14. The molecular weight excluding hydrogens is 322 g/mol. The van der Waals surface area contributed by atoms with Gasteiger partial charge in [-0.05, 0) is 24.3 Å². The minimum Gasteiger partial charge on any atom is -0.306 e. The highest BCUT2D eigenvalue weighted by atomic mass is 79.9. The van der Waals surface area contributed by atoms with Gasteiger partial charge in [0.2, 0.25) is 0 Å². The SMILES string of the molecule is O=C(Nc1cc(Br)ccn1)c1cccc(Cl)c1F. The monoisotopic (exact) mass is 328 g/mol. The summed E-state index contributed by atoms with van der Waals surface area (Å²) in [4.78, 5) is 15.8. The van der Waals surface area contributed by atoms with Gasteiger partial charge in [0.25, 0.3) is 5.91 Å². The zero-order chi connectivity index (χ0) is 13.1. The number of carbonyl (C=O) groups excluding carboxylic acids is 1. The second-order valence-electron chi connectivity index (χ2n) is 3.41. The van der Waals surface area contributed by atoms with Crippen LogP contribution in [0.4, 0.5) is 10.2 Å². The van der Waals surface area contributed by atoms with Gasteiger partial charge in [-0.2, -0.15) is 0 Å². The number of hydrogen-bond donors (Lipinski definition) is 1. The number of hydrogen-bond acceptors (Lipinski definition) is 2. The molecule has 1 N–H and O–H groups in total. The van der Waals surface area contributed by atoms with E-state index in [-0.39, 0.29) is 10.6 Å². The molecule has 0 aliphatic rings. The molecule has 0 radical (unpaired) electrons. The molecule has 0 aliphatic heterocycles. The quantitative estimate of drug-likeness (QED) is 0.908. The van der Waals surface area contributed by atoms with Crippen LogP contribution in [-0.2, 0) is 0 Å². The van der Waals surface area contributed by atoms with Crippen molar-refractivity contribution in [3.63, 3.8) is 0 Å². The molecule has 1 heterocycles. The molecule has 1 aromatic heterocycles. The first-order valence-electron chi connectivity index (χ1n) is 4.95. The fourth-order valence-corrected chi connectivity index (χ4v) is 1.85. The van der Waals surface area contributed by atoms with E-state index in [1.54, 1.807) is 12.1 Å². The van der Waals surface area contributed by atoms with Crippen LogP contribution in [0.5, 0.6) is 0 Å². The molecule has 0 atom stereocenters. The normalized spacial score (nSPS) is 10.2. The fraction of sp³-hybridized carbons (Fsp3) is 0. The number of benzene rings is 1. The van der Waals surface area contributed by atoms with Crippen molar-refractivity contribution in [2.45, 2.75) is 0 Å². The molecule has 0 unspecified atom stereocenters.